The number of nitrogens with zero attached hydrogens (tertiary/aromatic N) is 1. The summed E-state index contributed by atoms with van der Waals surface area (Å²) in [6.45, 7) is 4.04. The molecule has 0 saturated carbocycles. The van der Waals surface area contributed by atoms with E-state index in [-0.39, 0.29) is 17.2 Å². The largest absolute Gasteiger partial charge is 0.504 e. The van der Waals surface area contributed by atoms with Crippen molar-refractivity contribution in [3.63, 3.8) is 0 Å². The minimum atomic E-state index is -0.175. The summed E-state index contributed by atoms with van der Waals surface area (Å²) in [7, 11) is 0. The molecule has 172 valence electrons. The van der Waals surface area contributed by atoms with Crippen molar-refractivity contribution in [3.05, 3.63) is 57.5 Å². The van der Waals surface area contributed by atoms with Crippen molar-refractivity contribution in [3.8, 4) is 11.5 Å². The van der Waals surface area contributed by atoms with Crippen molar-refractivity contribution in [1.82, 2.24) is 20.4 Å². The van der Waals surface area contributed by atoms with E-state index >= 15 is 0 Å². The summed E-state index contributed by atoms with van der Waals surface area (Å²) in [5.41, 5.74) is 8.36. The van der Waals surface area contributed by atoms with E-state index < -0.39 is 0 Å². The van der Waals surface area contributed by atoms with Crippen LogP contribution in [0.2, 0.25) is 0 Å². The predicted molar refractivity (Wildman–Crippen MR) is 127 cm³/mol. The average molecular weight is 439 g/mol. The fraction of sp³-hybridized carbons (Fsp3) is 0.480. The number of unbranched alkanes of at least 4 members (excludes halogenated alkanes) is 3. The van der Waals surface area contributed by atoms with Gasteiger partial charge < -0.3 is 20.2 Å². The molecule has 2 aromatic carbocycles. The topological polar surface area (TPSA) is 104 Å². The molecule has 7 nitrogen and oxygen atoms in total. The quantitative estimate of drug-likeness (QED) is 0.188. The van der Waals surface area contributed by atoms with Gasteiger partial charge >= 0.3 is 5.69 Å². The van der Waals surface area contributed by atoms with E-state index in [1.54, 1.807) is 6.07 Å². The number of phenols is 2. The molecular formula is C25H34N4O3. The third-order valence-corrected chi connectivity index (χ3v) is 6.54. The molecule has 0 bridgehead atoms. The molecule has 0 saturated heterocycles. The van der Waals surface area contributed by atoms with Gasteiger partial charge in [-0.15, -0.1) is 0 Å². The highest BCUT2D eigenvalue weighted by molar-refractivity contribution is 5.75. The number of phenolic OH excluding ortho intramolecular Hbond substituents is 2. The van der Waals surface area contributed by atoms with E-state index in [1.165, 1.54) is 24.8 Å². The minimum Gasteiger partial charge on any atom is -0.504 e. The normalized spacial score (nSPS) is 16.0. The number of aromatic amines is 2. The van der Waals surface area contributed by atoms with Crippen LogP contribution in [0.3, 0.4) is 0 Å². The molecule has 5 N–H and O–H groups in total. The number of imidazole rings is 1. The number of nitrogens with one attached hydrogen (secondary N) is 3. The molecule has 0 aliphatic heterocycles. The Hall–Kier alpha value is -2.77. The Labute approximate surface area is 188 Å². The molecule has 0 radical (unpaired) electrons. The predicted octanol–water partition coefficient (Wildman–Crippen LogP) is 3.75. The molecule has 1 unspecified atom stereocenters. The average Bonchev–Trinajstić information content (AvgIpc) is 3.17. The lowest BCUT2D eigenvalue weighted by Gasteiger charge is -2.36. The van der Waals surface area contributed by atoms with Gasteiger partial charge in [-0.2, -0.15) is 0 Å². The summed E-state index contributed by atoms with van der Waals surface area (Å²) in [5, 5.41) is 22.4. The first-order chi connectivity index (χ1) is 15.5. The zero-order chi connectivity index (χ0) is 22.5. The zero-order valence-corrected chi connectivity index (χ0v) is 18.8. The lowest BCUT2D eigenvalue weighted by molar-refractivity contribution is 0.109. The Bertz CT molecular complexity index is 1100. The number of aromatic nitrogens is 2. The lowest BCUT2D eigenvalue weighted by atomic mass is 9.87. The van der Waals surface area contributed by atoms with Crippen LogP contribution in [0.1, 0.15) is 55.7 Å². The maximum atomic E-state index is 11.5. The van der Waals surface area contributed by atoms with Crippen molar-refractivity contribution in [2.75, 3.05) is 13.1 Å². The van der Waals surface area contributed by atoms with Gasteiger partial charge in [0.25, 0.3) is 0 Å². The van der Waals surface area contributed by atoms with Gasteiger partial charge in [0.15, 0.2) is 11.5 Å². The Kier molecular flexibility index (Phi) is 7.17. The van der Waals surface area contributed by atoms with Gasteiger partial charge in [0.2, 0.25) is 0 Å². The Morgan fingerprint density at radius 2 is 1.94 bits per heavy atom. The number of hydrogen-bond acceptors (Lipinski definition) is 5. The van der Waals surface area contributed by atoms with Crippen molar-refractivity contribution in [2.24, 2.45) is 0 Å². The Morgan fingerprint density at radius 3 is 2.78 bits per heavy atom. The van der Waals surface area contributed by atoms with Gasteiger partial charge in [0.05, 0.1) is 11.0 Å². The van der Waals surface area contributed by atoms with Crippen LogP contribution in [0.15, 0.2) is 35.1 Å². The number of hydrogen-bond donors (Lipinski definition) is 5. The smallest absolute Gasteiger partial charge is 0.323 e. The van der Waals surface area contributed by atoms with Crippen LogP contribution in [-0.4, -0.2) is 44.3 Å². The van der Waals surface area contributed by atoms with E-state index in [4.69, 9.17) is 0 Å². The van der Waals surface area contributed by atoms with E-state index in [2.05, 4.69) is 33.4 Å². The van der Waals surface area contributed by atoms with E-state index in [1.807, 2.05) is 18.2 Å². The molecule has 4 rings (SSSR count). The summed E-state index contributed by atoms with van der Waals surface area (Å²) in [5.74, 6) is 0.0130. The molecule has 32 heavy (non-hydrogen) atoms. The summed E-state index contributed by atoms with van der Waals surface area (Å²) in [6, 6.07) is 9.94. The third kappa shape index (κ3) is 5.16. The molecule has 0 spiro atoms. The second-order valence-electron chi connectivity index (χ2n) is 8.84. The van der Waals surface area contributed by atoms with Crippen molar-refractivity contribution >= 4 is 11.0 Å². The summed E-state index contributed by atoms with van der Waals surface area (Å²) < 4.78 is 0. The van der Waals surface area contributed by atoms with Crippen LogP contribution >= 0.6 is 0 Å². The molecular weight excluding hydrogens is 404 g/mol. The first-order valence-corrected chi connectivity index (χ1v) is 11.8. The first-order valence-electron chi connectivity index (χ1n) is 11.8. The molecule has 0 amide bonds. The van der Waals surface area contributed by atoms with Crippen LogP contribution in [0.5, 0.6) is 11.5 Å². The number of H-pyrrole nitrogens is 2. The van der Waals surface area contributed by atoms with Crippen LogP contribution in [0.25, 0.3) is 11.0 Å². The number of aromatic hydroxyl groups is 2. The highest BCUT2D eigenvalue weighted by Gasteiger charge is 2.26. The maximum Gasteiger partial charge on any atom is 0.323 e. The van der Waals surface area contributed by atoms with Crippen LogP contribution < -0.4 is 11.1 Å². The Morgan fingerprint density at radius 1 is 1.09 bits per heavy atom. The van der Waals surface area contributed by atoms with Crippen LogP contribution in [0.4, 0.5) is 0 Å². The molecule has 3 aromatic rings. The minimum absolute atomic E-state index is 0.0301. The molecule has 1 atom stereocenters. The second-order valence-corrected chi connectivity index (χ2v) is 8.84. The monoisotopic (exact) mass is 438 g/mol. The summed E-state index contributed by atoms with van der Waals surface area (Å²) in [4.78, 5) is 17.1. The molecule has 1 aliphatic carbocycles. The maximum absolute atomic E-state index is 11.5. The fourth-order valence-electron chi connectivity index (χ4n) is 4.75. The number of hydrazine groups is 1. The van der Waals surface area contributed by atoms with Crippen molar-refractivity contribution in [2.45, 2.75) is 64.3 Å². The summed E-state index contributed by atoms with van der Waals surface area (Å²) >= 11 is 0. The van der Waals surface area contributed by atoms with Crippen LogP contribution in [-0.2, 0) is 19.3 Å². The number of fused-ring (bicyclic) bond motifs is 2. The standard InChI is InChI=1S/C25H34N4O3/c1-2-3-4-5-14-29(19-8-9-20-18(16-19)7-11-23(30)24(20)31)26-13-12-17-6-10-21-22(15-17)28-25(32)27-21/h6-7,10-11,15,19,26,30-31H,2-5,8-9,12-14,16H2,1H3,(H2,27,28,32). The highest BCUT2D eigenvalue weighted by Crippen LogP contribution is 2.36. The SMILES string of the molecule is CCCCCCN(NCCc1ccc2[nH]c(=O)[nH]c2c1)C1CCc2c(ccc(O)c2O)C1. The summed E-state index contributed by atoms with van der Waals surface area (Å²) in [6.07, 6.45) is 8.30. The molecule has 7 heteroatoms. The van der Waals surface area contributed by atoms with Gasteiger partial charge in [-0.05, 0) is 61.4 Å². The van der Waals surface area contributed by atoms with Crippen molar-refractivity contribution < 1.29 is 10.2 Å². The highest BCUT2D eigenvalue weighted by atomic mass is 16.3. The van der Waals surface area contributed by atoms with E-state index in [0.717, 1.165) is 67.4 Å². The molecule has 1 heterocycles. The molecule has 1 aliphatic rings. The molecule has 0 fully saturated rings. The zero-order valence-electron chi connectivity index (χ0n) is 18.8. The van der Waals surface area contributed by atoms with Crippen LogP contribution in [0, 0.1) is 0 Å². The Balaban J connectivity index is 1.40. The van der Waals surface area contributed by atoms with Gasteiger partial charge in [-0.25, -0.2) is 9.80 Å². The first kappa shape index (κ1) is 22.4. The van der Waals surface area contributed by atoms with Gasteiger partial charge in [-0.3, -0.25) is 5.43 Å². The third-order valence-electron chi connectivity index (χ3n) is 6.54. The number of benzene rings is 2. The molecule has 1 aromatic heterocycles. The van der Waals surface area contributed by atoms with Gasteiger partial charge in [0, 0.05) is 24.7 Å². The van der Waals surface area contributed by atoms with Gasteiger partial charge in [-0.1, -0.05) is 38.3 Å². The fourth-order valence-corrected chi connectivity index (χ4v) is 4.75. The number of rotatable bonds is 10. The second kappa shape index (κ2) is 10.2. The van der Waals surface area contributed by atoms with Crippen molar-refractivity contribution in [1.29, 1.82) is 0 Å². The van der Waals surface area contributed by atoms with Gasteiger partial charge in [0.1, 0.15) is 0 Å². The van der Waals surface area contributed by atoms with E-state index in [0.29, 0.717) is 6.04 Å². The lowest BCUT2D eigenvalue weighted by Crippen LogP contribution is -2.49. The van der Waals surface area contributed by atoms with E-state index in [9.17, 15) is 15.0 Å².